The highest BCUT2D eigenvalue weighted by Gasteiger charge is 2.61. The first kappa shape index (κ1) is 18.7. The van der Waals surface area contributed by atoms with Gasteiger partial charge in [-0.1, -0.05) is 18.2 Å². The van der Waals surface area contributed by atoms with Crippen molar-refractivity contribution in [3.05, 3.63) is 58.9 Å². The molecule has 152 valence electrons. The van der Waals surface area contributed by atoms with Crippen LogP contribution in [0.5, 0.6) is 0 Å². The number of carbonyl (C=O) groups is 2. The van der Waals surface area contributed by atoms with Crippen LogP contribution < -0.4 is 0 Å². The molecular weight excluding hydrogens is 362 g/mol. The molecule has 0 saturated heterocycles. The summed E-state index contributed by atoms with van der Waals surface area (Å²) in [6.45, 7) is 4.15. The molecule has 4 fully saturated rings. The van der Waals surface area contributed by atoms with Crippen LogP contribution in [0.1, 0.15) is 65.7 Å². The monoisotopic (exact) mass is 391 g/mol. The number of carbonyl (C=O) groups excluding carboxylic acids is 2. The van der Waals surface area contributed by atoms with Crippen LogP contribution in [0.25, 0.3) is 0 Å². The van der Waals surface area contributed by atoms with Crippen LogP contribution in [-0.2, 0) is 14.9 Å². The molecule has 4 bridgehead atoms. The molecule has 4 aliphatic rings. The first-order valence-corrected chi connectivity index (χ1v) is 10.8. The van der Waals surface area contributed by atoms with E-state index in [0.717, 1.165) is 19.3 Å². The average molecular weight is 392 g/mol. The van der Waals surface area contributed by atoms with Gasteiger partial charge in [-0.2, -0.15) is 0 Å². The van der Waals surface area contributed by atoms with E-state index in [2.05, 4.69) is 37.0 Å². The number of hydrogen-bond acceptors (Lipinski definition) is 3. The largest absolute Gasteiger partial charge is 0.457 e. The second-order valence-electron chi connectivity index (χ2n) is 9.90. The van der Waals surface area contributed by atoms with Crippen LogP contribution in [0.3, 0.4) is 0 Å². The highest BCUT2D eigenvalue weighted by Crippen LogP contribution is 2.66. The zero-order valence-electron chi connectivity index (χ0n) is 17.3. The van der Waals surface area contributed by atoms with Crippen molar-refractivity contribution in [3.63, 3.8) is 0 Å². The van der Waals surface area contributed by atoms with Crippen molar-refractivity contribution in [1.82, 2.24) is 4.98 Å². The van der Waals surface area contributed by atoms with Gasteiger partial charge in [-0.05, 0) is 98.4 Å². The first-order valence-electron chi connectivity index (χ1n) is 10.8. The lowest BCUT2D eigenvalue weighted by Gasteiger charge is -2.61. The van der Waals surface area contributed by atoms with Gasteiger partial charge in [0.2, 0.25) is 5.78 Å². The Hall–Kier alpha value is -2.36. The van der Waals surface area contributed by atoms with Gasteiger partial charge in [0.1, 0.15) is 0 Å². The molecule has 6 rings (SSSR count). The zero-order chi connectivity index (χ0) is 20.2. The number of aromatic amines is 1. The number of Topliss-reactive ketones (excluding diaryl/α,β-unsaturated/α-hetero) is 1. The summed E-state index contributed by atoms with van der Waals surface area (Å²) in [5, 5.41) is 0. The van der Waals surface area contributed by atoms with Crippen LogP contribution in [-0.4, -0.2) is 23.3 Å². The van der Waals surface area contributed by atoms with E-state index in [1.807, 2.05) is 0 Å². The quantitative estimate of drug-likeness (QED) is 0.583. The maximum absolute atomic E-state index is 13.3. The number of nitrogens with one attached hydrogen (secondary N) is 1. The summed E-state index contributed by atoms with van der Waals surface area (Å²) in [7, 11) is 0. The number of rotatable bonds is 5. The van der Waals surface area contributed by atoms with E-state index < -0.39 is 5.41 Å². The van der Waals surface area contributed by atoms with Gasteiger partial charge in [-0.25, -0.2) is 0 Å². The molecule has 1 aromatic heterocycles. The SMILES string of the molecule is Cc1ccc(C23CC4CC(CC(C(=O)OCC(=O)c5ccc[nH]5)(C4)C2)C3)cc1C. The van der Waals surface area contributed by atoms with Crippen molar-refractivity contribution in [2.75, 3.05) is 6.61 Å². The van der Waals surface area contributed by atoms with Crippen LogP contribution in [0.2, 0.25) is 0 Å². The summed E-state index contributed by atoms with van der Waals surface area (Å²) in [6, 6.07) is 10.3. The predicted octanol–water partition coefficient (Wildman–Crippen LogP) is 4.90. The van der Waals surface area contributed by atoms with Gasteiger partial charge in [-0.15, -0.1) is 0 Å². The molecule has 0 spiro atoms. The van der Waals surface area contributed by atoms with Crippen molar-refractivity contribution in [2.45, 2.75) is 57.8 Å². The maximum Gasteiger partial charge on any atom is 0.312 e. The molecule has 4 aliphatic carbocycles. The average Bonchev–Trinajstić information content (AvgIpc) is 3.22. The highest BCUT2D eigenvalue weighted by atomic mass is 16.5. The first-order chi connectivity index (χ1) is 13.9. The number of aromatic nitrogens is 1. The Morgan fingerprint density at radius 2 is 1.83 bits per heavy atom. The Bertz CT molecular complexity index is 944. The number of H-pyrrole nitrogens is 1. The Labute approximate surface area is 172 Å². The zero-order valence-corrected chi connectivity index (χ0v) is 17.3. The summed E-state index contributed by atoms with van der Waals surface area (Å²) in [5.41, 5.74) is 4.20. The van der Waals surface area contributed by atoms with Crippen molar-refractivity contribution in [3.8, 4) is 0 Å². The maximum atomic E-state index is 13.3. The minimum atomic E-state index is -0.418. The molecule has 4 saturated carbocycles. The summed E-state index contributed by atoms with van der Waals surface area (Å²) in [6.07, 6.45) is 8.03. The van der Waals surface area contributed by atoms with Crippen molar-refractivity contribution >= 4 is 11.8 Å². The Kier molecular flexibility index (Phi) is 4.23. The second-order valence-corrected chi connectivity index (χ2v) is 9.90. The summed E-state index contributed by atoms with van der Waals surface area (Å²) in [5.74, 6) is 0.853. The Morgan fingerprint density at radius 1 is 1.07 bits per heavy atom. The van der Waals surface area contributed by atoms with Crippen LogP contribution in [0, 0.1) is 31.1 Å². The standard InChI is InChI=1S/C25H29NO3/c1-16-5-6-20(8-17(16)2)24-10-18-9-19(11-24)13-25(12-18,15-24)23(28)29-14-22(27)21-4-3-7-26-21/h3-8,18-19,26H,9-15H2,1-2H3. The number of hydrogen-bond donors (Lipinski definition) is 1. The molecule has 4 nitrogen and oxygen atoms in total. The van der Waals surface area contributed by atoms with E-state index in [4.69, 9.17) is 4.74 Å². The Morgan fingerprint density at radius 3 is 2.48 bits per heavy atom. The second kappa shape index (κ2) is 6.58. The highest BCUT2D eigenvalue weighted by molar-refractivity contribution is 5.96. The number of ether oxygens (including phenoxy) is 1. The molecule has 4 heteroatoms. The van der Waals surface area contributed by atoms with Gasteiger partial charge in [0.05, 0.1) is 11.1 Å². The number of ketones is 1. The molecule has 2 atom stereocenters. The normalized spacial score (nSPS) is 32.3. The minimum absolute atomic E-state index is 0.0883. The number of esters is 1. The molecule has 0 amide bonds. The fourth-order valence-electron chi connectivity index (χ4n) is 6.78. The van der Waals surface area contributed by atoms with Crippen LogP contribution in [0.15, 0.2) is 36.5 Å². The molecule has 29 heavy (non-hydrogen) atoms. The van der Waals surface area contributed by atoms with Crippen molar-refractivity contribution in [2.24, 2.45) is 17.3 Å². The summed E-state index contributed by atoms with van der Waals surface area (Å²) < 4.78 is 5.63. The third-order valence-corrected chi connectivity index (χ3v) is 7.85. The van der Waals surface area contributed by atoms with E-state index in [-0.39, 0.29) is 23.8 Å². The van der Waals surface area contributed by atoms with Gasteiger partial charge in [-0.3, -0.25) is 9.59 Å². The molecule has 0 aliphatic heterocycles. The van der Waals surface area contributed by atoms with E-state index in [1.165, 1.54) is 36.0 Å². The van der Waals surface area contributed by atoms with Gasteiger partial charge in [0.25, 0.3) is 0 Å². The fraction of sp³-hybridized carbons (Fsp3) is 0.520. The molecule has 2 aromatic rings. The van der Waals surface area contributed by atoms with E-state index in [9.17, 15) is 9.59 Å². The number of benzene rings is 1. The third kappa shape index (κ3) is 3.04. The fourth-order valence-corrected chi connectivity index (χ4v) is 6.78. The van der Waals surface area contributed by atoms with Crippen LogP contribution in [0.4, 0.5) is 0 Å². The molecular formula is C25H29NO3. The third-order valence-electron chi connectivity index (χ3n) is 7.85. The van der Waals surface area contributed by atoms with Gasteiger partial charge in [0.15, 0.2) is 6.61 Å². The van der Waals surface area contributed by atoms with E-state index >= 15 is 0 Å². The van der Waals surface area contributed by atoms with Gasteiger partial charge < -0.3 is 9.72 Å². The topological polar surface area (TPSA) is 59.2 Å². The van der Waals surface area contributed by atoms with Gasteiger partial charge in [0, 0.05) is 6.20 Å². The van der Waals surface area contributed by atoms with Crippen molar-refractivity contribution < 1.29 is 14.3 Å². The minimum Gasteiger partial charge on any atom is -0.457 e. The Balaban J connectivity index is 1.39. The van der Waals surface area contributed by atoms with Crippen LogP contribution >= 0.6 is 0 Å². The van der Waals surface area contributed by atoms with E-state index in [1.54, 1.807) is 18.3 Å². The summed E-state index contributed by atoms with van der Waals surface area (Å²) >= 11 is 0. The molecule has 1 aromatic carbocycles. The predicted molar refractivity (Wildman–Crippen MR) is 111 cm³/mol. The smallest absolute Gasteiger partial charge is 0.312 e. The lowest BCUT2D eigenvalue weighted by atomic mass is 9.43. The lowest BCUT2D eigenvalue weighted by Crippen LogP contribution is -2.57. The van der Waals surface area contributed by atoms with Crippen molar-refractivity contribution in [1.29, 1.82) is 0 Å². The molecule has 2 unspecified atom stereocenters. The molecule has 0 radical (unpaired) electrons. The number of aryl methyl sites for hydroxylation is 2. The van der Waals surface area contributed by atoms with E-state index in [0.29, 0.717) is 17.5 Å². The van der Waals surface area contributed by atoms with Gasteiger partial charge >= 0.3 is 5.97 Å². The summed E-state index contributed by atoms with van der Waals surface area (Å²) in [4.78, 5) is 28.5. The molecule has 1 N–H and O–H groups in total. The molecule has 1 heterocycles. The lowest BCUT2D eigenvalue weighted by molar-refractivity contribution is -0.172.